The SMILES string of the molecule is CCOC(=O)CCCCC(=NC1CCCCC1)C(OC)OC. The molecule has 0 atom stereocenters. The van der Waals surface area contributed by atoms with Gasteiger partial charge in [0.1, 0.15) is 0 Å². The molecule has 1 aliphatic rings. The number of hydrogen-bond acceptors (Lipinski definition) is 5. The summed E-state index contributed by atoms with van der Waals surface area (Å²) in [6.07, 6.45) is 8.76. The van der Waals surface area contributed by atoms with Gasteiger partial charge in [-0.05, 0) is 39.0 Å². The van der Waals surface area contributed by atoms with Gasteiger partial charge in [-0.15, -0.1) is 0 Å². The van der Waals surface area contributed by atoms with E-state index >= 15 is 0 Å². The Bertz CT molecular complexity index is 334. The van der Waals surface area contributed by atoms with Gasteiger partial charge in [0.2, 0.25) is 0 Å². The molecule has 1 saturated carbocycles. The van der Waals surface area contributed by atoms with Crippen molar-refractivity contribution in [3.8, 4) is 0 Å². The zero-order valence-corrected chi connectivity index (χ0v) is 14.3. The van der Waals surface area contributed by atoms with Crippen molar-refractivity contribution >= 4 is 11.7 Å². The van der Waals surface area contributed by atoms with Crippen molar-refractivity contribution in [2.45, 2.75) is 77.0 Å². The molecule has 0 bridgehead atoms. The molecule has 0 aliphatic heterocycles. The number of rotatable bonds is 10. The first-order valence-corrected chi connectivity index (χ1v) is 8.49. The quantitative estimate of drug-likeness (QED) is 0.268. The van der Waals surface area contributed by atoms with Gasteiger partial charge in [-0.25, -0.2) is 0 Å². The highest BCUT2D eigenvalue weighted by Crippen LogP contribution is 2.22. The van der Waals surface area contributed by atoms with Crippen LogP contribution in [-0.2, 0) is 19.0 Å². The molecule has 0 aromatic heterocycles. The predicted octanol–water partition coefficient (Wildman–Crippen LogP) is 3.50. The molecule has 0 aromatic carbocycles. The Morgan fingerprint density at radius 3 is 2.32 bits per heavy atom. The number of carbonyl (C=O) groups excluding carboxylic acids is 1. The van der Waals surface area contributed by atoms with E-state index in [-0.39, 0.29) is 12.3 Å². The summed E-state index contributed by atoms with van der Waals surface area (Å²) in [5, 5.41) is 0. The normalized spacial score (nSPS) is 17.0. The molecule has 5 nitrogen and oxygen atoms in total. The average molecular weight is 313 g/mol. The Labute approximate surface area is 134 Å². The molecule has 0 unspecified atom stereocenters. The minimum Gasteiger partial charge on any atom is -0.466 e. The van der Waals surface area contributed by atoms with Crippen molar-refractivity contribution in [3.63, 3.8) is 0 Å². The molecule has 22 heavy (non-hydrogen) atoms. The van der Waals surface area contributed by atoms with Crippen molar-refractivity contribution < 1.29 is 19.0 Å². The van der Waals surface area contributed by atoms with Crippen molar-refractivity contribution in [1.29, 1.82) is 0 Å². The molecule has 1 aliphatic carbocycles. The second-order valence-corrected chi connectivity index (χ2v) is 5.73. The van der Waals surface area contributed by atoms with Gasteiger partial charge in [-0.1, -0.05) is 19.3 Å². The fourth-order valence-corrected chi connectivity index (χ4v) is 2.86. The van der Waals surface area contributed by atoms with Crippen molar-refractivity contribution in [2.24, 2.45) is 4.99 Å². The molecular formula is C17H31NO4. The fraction of sp³-hybridized carbons (Fsp3) is 0.882. The van der Waals surface area contributed by atoms with Gasteiger partial charge < -0.3 is 14.2 Å². The number of aliphatic imine (C=N–C) groups is 1. The van der Waals surface area contributed by atoms with Gasteiger partial charge in [0.05, 0.1) is 18.4 Å². The lowest BCUT2D eigenvalue weighted by atomic mass is 9.95. The van der Waals surface area contributed by atoms with Crippen LogP contribution >= 0.6 is 0 Å². The van der Waals surface area contributed by atoms with Gasteiger partial charge in [-0.2, -0.15) is 0 Å². The maximum atomic E-state index is 11.3. The third-order valence-electron chi connectivity index (χ3n) is 3.99. The van der Waals surface area contributed by atoms with Gasteiger partial charge in [-0.3, -0.25) is 9.79 Å². The van der Waals surface area contributed by atoms with Crippen molar-refractivity contribution in [1.82, 2.24) is 0 Å². The lowest BCUT2D eigenvalue weighted by Crippen LogP contribution is -2.27. The summed E-state index contributed by atoms with van der Waals surface area (Å²) in [6.45, 7) is 2.28. The average Bonchev–Trinajstić information content (AvgIpc) is 2.53. The molecule has 0 heterocycles. The molecule has 0 radical (unpaired) electrons. The summed E-state index contributed by atoms with van der Waals surface area (Å²) in [5.74, 6) is -0.122. The Morgan fingerprint density at radius 1 is 1.09 bits per heavy atom. The second kappa shape index (κ2) is 11.6. The van der Waals surface area contributed by atoms with Crippen LogP contribution in [0.25, 0.3) is 0 Å². The number of unbranched alkanes of at least 4 members (excludes halogenated alkanes) is 1. The number of ether oxygens (including phenoxy) is 3. The van der Waals surface area contributed by atoms with Crippen LogP contribution in [0.4, 0.5) is 0 Å². The van der Waals surface area contributed by atoms with Crippen LogP contribution in [-0.4, -0.2) is 44.8 Å². The summed E-state index contributed by atoms with van der Waals surface area (Å²) in [5.41, 5.74) is 0.973. The zero-order valence-electron chi connectivity index (χ0n) is 14.3. The van der Waals surface area contributed by atoms with E-state index in [1.54, 1.807) is 14.2 Å². The van der Waals surface area contributed by atoms with Gasteiger partial charge in [0.25, 0.3) is 0 Å². The third-order valence-corrected chi connectivity index (χ3v) is 3.99. The predicted molar refractivity (Wildman–Crippen MR) is 87.2 cm³/mol. The van der Waals surface area contributed by atoms with Crippen LogP contribution in [0.3, 0.4) is 0 Å². The first kappa shape index (κ1) is 19.1. The van der Waals surface area contributed by atoms with E-state index in [0.717, 1.165) is 37.8 Å². The maximum Gasteiger partial charge on any atom is 0.305 e. The summed E-state index contributed by atoms with van der Waals surface area (Å²) in [6, 6.07) is 0.404. The standard InChI is InChI=1S/C17H31NO4/c1-4-22-16(19)13-9-8-12-15(17(20-2)21-3)18-14-10-6-5-7-11-14/h14,17H,4-13H2,1-3H3. The van der Waals surface area contributed by atoms with E-state index in [2.05, 4.69) is 0 Å². The van der Waals surface area contributed by atoms with Crippen molar-refractivity contribution in [2.75, 3.05) is 20.8 Å². The summed E-state index contributed by atoms with van der Waals surface area (Å²) >= 11 is 0. The summed E-state index contributed by atoms with van der Waals surface area (Å²) in [7, 11) is 3.28. The maximum absolute atomic E-state index is 11.3. The molecule has 5 heteroatoms. The van der Waals surface area contributed by atoms with Gasteiger partial charge in [0, 0.05) is 20.6 Å². The molecule has 0 aromatic rings. The molecule has 0 saturated heterocycles. The van der Waals surface area contributed by atoms with Crippen LogP contribution in [0, 0.1) is 0 Å². The first-order valence-electron chi connectivity index (χ1n) is 8.49. The minimum atomic E-state index is -0.371. The number of hydrogen-bond donors (Lipinski definition) is 0. The Hall–Kier alpha value is -0.940. The summed E-state index contributed by atoms with van der Waals surface area (Å²) < 4.78 is 15.7. The Morgan fingerprint density at radius 2 is 1.73 bits per heavy atom. The molecular weight excluding hydrogens is 282 g/mol. The van der Waals surface area contributed by atoms with Gasteiger partial charge in [0.15, 0.2) is 6.29 Å². The van der Waals surface area contributed by atoms with Crippen LogP contribution in [0.1, 0.15) is 64.7 Å². The largest absolute Gasteiger partial charge is 0.466 e. The van der Waals surface area contributed by atoms with E-state index < -0.39 is 0 Å². The summed E-state index contributed by atoms with van der Waals surface area (Å²) in [4.78, 5) is 16.2. The minimum absolute atomic E-state index is 0.122. The molecule has 0 spiro atoms. The van der Waals surface area contributed by atoms with E-state index in [1.807, 2.05) is 6.92 Å². The Balaban J connectivity index is 2.47. The van der Waals surface area contributed by atoms with Crippen LogP contribution in [0.5, 0.6) is 0 Å². The molecule has 1 rings (SSSR count). The fourth-order valence-electron chi connectivity index (χ4n) is 2.86. The molecule has 0 amide bonds. The van der Waals surface area contributed by atoms with Gasteiger partial charge >= 0.3 is 5.97 Å². The molecule has 128 valence electrons. The molecule has 1 fully saturated rings. The number of nitrogens with zero attached hydrogens (tertiary/aromatic N) is 1. The molecule has 0 N–H and O–H groups in total. The van der Waals surface area contributed by atoms with Crippen LogP contribution in [0.2, 0.25) is 0 Å². The number of methoxy groups -OCH3 is 2. The highest BCUT2D eigenvalue weighted by molar-refractivity contribution is 5.87. The van der Waals surface area contributed by atoms with E-state index in [9.17, 15) is 4.79 Å². The lowest BCUT2D eigenvalue weighted by molar-refractivity contribution is -0.143. The first-order chi connectivity index (χ1) is 10.7. The lowest BCUT2D eigenvalue weighted by Gasteiger charge is -2.22. The van der Waals surface area contributed by atoms with Crippen LogP contribution < -0.4 is 0 Å². The zero-order chi connectivity index (χ0) is 16.2. The van der Waals surface area contributed by atoms with Crippen LogP contribution in [0.15, 0.2) is 4.99 Å². The second-order valence-electron chi connectivity index (χ2n) is 5.73. The number of carbonyl (C=O) groups is 1. The topological polar surface area (TPSA) is 57.1 Å². The van der Waals surface area contributed by atoms with E-state index in [1.165, 1.54) is 19.3 Å². The third kappa shape index (κ3) is 7.36. The van der Waals surface area contributed by atoms with Crippen molar-refractivity contribution in [3.05, 3.63) is 0 Å². The van der Waals surface area contributed by atoms with E-state index in [4.69, 9.17) is 19.2 Å². The smallest absolute Gasteiger partial charge is 0.305 e. The highest BCUT2D eigenvalue weighted by Gasteiger charge is 2.18. The monoisotopic (exact) mass is 313 g/mol. The highest BCUT2D eigenvalue weighted by atomic mass is 16.7. The van der Waals surface area contributed by atoms with E-state index in [0.29, 0.717) is 19.1 Å². The number of esters is 1. The Kier molecular flexibility index (Phi) is 10.1.